The van der Waals surface area contributed by atoms with Crippen molar-refractivity contribution in [2.24, 2.45) is 0 Å². The fourth-order valence-corrected chi connectivity index (χ4v) is 4.97. The van der Waals surface area contributed by atoms with E-state index in [1.807, 2.05) is 0 Å². The van der Waals surface area contributed by atoms with Crippen molar-refractivity contribution in [2.45, 2.75) is 69.2 Å². The van der Waals surface area contributed by atoms with Crippen LogP contribution >= 0.6 is 11.8 Å². The van der Waals surface area contributed by atoms with Gasteiger partial charge in [-0.25, -0.2) is 0 Å². The molecule has 0 spiro atoms. The highest BCUT2D eigenvalue weighted by Gasteiger charge is 2.38. The lowest BCUT2D eigenvalue weighted by molar-refractivity contribution is -0.131. The average Bonchev–Trinajstić information content (AvgIpc) is 3.19. The molecule has 144 valence electrons. The number of ether oxygens (including phenoxy) is 1. The van der Waals surface area contributed by atoms with Gasteiger partial charge in [0.2, 0.25) is 11.9 Å². The molecule has 26 heavy (non-hydrogen) atoms. The van der Waals surface area contributed by atoms with Crippen molar-refractivity contribution >= 4 is 23.6 Å². The van der Waals surface area contributed by atoms with E-state index in [0.717, 1.165) is 44.0 Å². The third-order valence-electron chi connectivity index (χ3n) is 5.58. The molecule has 0 atom stereocenters. The van der Waals surface area contributed by atoms with Crippen LogP contribution in [0.1, 0.15) is 45.4 Å². The number of thioether (sulfide) groups is 1. The summed E-state index contributed by atoms with van der Waals surface area (Å²) in [6.45, 7) is 6.07. The summed E-state index contributed by atoms with van der Waals surface area (Å²) >= 11 is 1.54. The summed E-state index contributed by atoms with van der Waals surface area (Å²) in [5.74, 6) is 1.65. The Balaban J connectivity index is 1.40. The van der Waals surface area contributed by atoms with Crippen LogP contribution in [0.4, 0.5) is 5.95 Å². The molecule has 0 unspecified atom stereocenters. The molecular weight excluding hydrogens is 350 g/mol. The van der Waals surface area contributed by atoms with E-state index in [9.17, 15) is 4.79 Å². The van der Waals surface area contributed by atoms with Crippen LogP contribution in [0.25, 0.3) is 0 Å². The van der Waals surface area contributed by atoms with Gasteiger partial charge in [-0.05, 0) is 32.6 Å². The number of rotatable bonds is 7. The second kappa shape index (κ2) is 8.17. The molecule has 1 saturated heterocycles. The Hall–Kier alpha value is -1.28. The van der Waals surface area contributed by atoms with Crippen LogP contribution < -0.4 is 4.90 Å². The first kappa shape index (κ1) is 18.1. The number of carbonyl (C=O) groups excluding carboxylic acids is 1. The molecule has 1 aromatic heterocycles. The number of amides is 1. The standard InChI is InChI=1S/C18H29N5O2S/c1-2-22-17(21-9-11-25-12-10-21)19-20-18(22)26-13-16(24)23(15-7-8-15)14-5-3-4-6-14/h14-15H,2-13H2,1H3. The van der Waals surface area contributed by atoms with Crippen LogP contribution in [0.15, 0.2) is 5.16 Å². The summed E-state index contributed by atoms with van der Waals surface area (Å²) in [6.07, 6.45) is 7.25. The van der Waals surface area contributed by atoms with Crippen LogP contribution in [-0.4, -0.2) is 69.7 Å². The van der Waals surface area contributed by atoms with Crippen LogP contribution in [0, 0.1) is 0 Å². The monoisotopic (exact) mass is 379 g/mol. The van der Waals surface area contributed by atoms with Gasteiger partial charge in [0.25, 0.3) is 0 Å². The lowest BCUT2D eigenvalue weighted by atomic mass is 10.2. The predicted octanol–water partition coefficient (Wildman–Crippen LogP) is 2.16. The lowest BCUT2D eigenvalue weighted by Gasteiger charge is -2.29. The van der Waals surface area contributed by atoms with Gasteiger partial charge in [-0.1, -0.05) is 24.6 Å². The molecule has 3 fully saturated rings. The fraction of sp³-hybridized carbons (Fsp3) is 0.833. The molecule has 1 aliphatic heterocycles. The van der Waals surface area contributed by atoms with Gasteiger partial charge in [0.05, 0.1) is 19.0 Å². The third-order valence-corrected chi connectivity index (χ3v) is 6.53. The summed E-state index contributed by atoms with van der Waals surface area (Å²) in [4.78, 5) is 17.3. The molecule has 1 amide bonds. The van der Waals surface area contributed by atoms with E-state index < -0.39 is 0 Å². The van der Waals surface area contributed by atoms with E-state index in [2.05, 4.69) is 31.5 Å². The SMILES string of the molecule is CCn1c(SCC(=O)N(C2CCCC2)C2CC2)nnc1N1CCOCC1. The summed E-state index contributed by atoms with van der Waals surface area (Å²) < 4.78 is 7.55. The molecular formula is C18H29N5O2S. The first-order chi connectivity index (χ1) is 12.8. The number of aromatic nitrogens is 3. The zero-order chi connectivity index (χ0) is 17.9. The van der Waals surface area contributed by atoms with Gasteiger partial charge in [-0.15, -0.1) is 10.2 Å². The number of hydrogen-bond acceptors (Lipinski definition) is 6. The summed E-state index contributed by atoms with van der Waals surface area (Å²) in [6, 6.07) is 0.975. The van der Waals surface area contributed by atoms with Crippen LogP contribution in [0.5, 0.6) is 0 Å². The molecule has 8 heteroatoms. The summed E-state index contributed by atoms with van der Waals surface area (Å²) in [5, 5.41) is 9.62. The minimum Gasteiger partial charge on any atom is -0.378 e. The van der Waals surface area contributed by atoms with E-state index in [-0.39, 0.29) is 5.91 Å². The normalized spacial score (nSPS) is 21.3. The molecule has 3 aliphatic rings. The highest BCUT2D eigenvalue weighted by atomic mass is 32.2. The second-order valence-electron chi connectivity index (χ2n) is 7.39. The molecule has 0 radical (unpaired) electrons. The van der Waals surface area contributed by atoms with E-state index >= 15 is 0 Å². The zero-order valence-electron chi connectivity index (χ0n) is 15.6. The van der Waals surface area contributed by atoms with Crippen molar-refractivity contribution in [3.8, 4) is 0 Å². The lowest BCUT2D eigenvalue weighted by Crippen LogP contribution is -2.41. The zero-order valence-corrected chi connectivity index (χ0v) is 16.4. The van der Waals surface area contributed by atoms with Gasteiger partial charge in [-0.3, -0.25) is 9.36 Å². The molecule has 0 N–H and O–H groups in total. The van der Waals surface area contributed by atoms with Crippen molar-refractivity contribution in [3.05, 3.63) is 0 Å². The molecule has 4 rings (SSSR count). The molecule has 2 saturated carbocycles. The highest BCUT2D eigenvalue weighted by molar-refractivity contribution is 7.99. The van der Waals surface area contributed by atoms with Crippen LogP contribution in [-0.2, 0) is 16.1 Å². The summed E-state index contributed by atoms with van der Waals surface area (Å²) in [7, 11) is 0. The smallest absolute Gasteiger partial charge is 0.233 e. The molecule has 7 nitrogen and oxygen atoms in total. The maximum Gasteiger partial charge on any atom is 0.233 e. The molecule has 0 bridgehead atoms. The van der Waals surface area contributed by atoms with Crippen molar-refractivity contribution in [1.29, 1.82) is 0 Å². The Morgan fingerprint density at radius 1 is 1.15 bits per heavy atom. The van der Waals surface area contributed by atoms with Gasteiger partial charge < -0.3 is 14.5 Å². The Kier molecular flexibility index (Phi) is 5.69. The first-order valence-corrected chi connectivity index (χ1v) is 11.0. The Morgan fingerprint density at radius 3 is 2.50 bits per heavy atom. The number of carbonyl (C=O) groups is 1. The minimum atomic E-state index is 0.281. The summed E-state index contributed by atoms with van der Waals surface area (Å²) in [5.41, 5.74) is 0. The Morgan fingerprint density at radius 2 is 1.85 bits per heavy atom. The molecule has 0 aromatic carbocycles. The number of nitrogens with zero attached hydrogens (tertiary/aromatic N) is 5. The van der Waals surface area contributed by atoms with Crippen LogP contribution in [0.3, 0.4) is 0 Å². The minimum absolute atomic E-state index is 0.281. The van der Waals surface area contributed by atoms with Crippen molar-refractivity contribution in [2.75, 3.05) is 37.0 Å². The number of hydrogen-bond donors (Lipinski definition) is 0. The van der Waals surface area contributed by atoms with Gasteiger partial charge in [0.1, 0.15) is 0 Å². The number of anilines is 1. The van der Waals surface area contributed by atoms with E-state index in [4.69, 9.17) is 4.74 Å². The van der Waals surface area contributed by atoms with E-state index in [0.29, 0.717) is 17.8 Å². The molecule has 1 aromatic rings. The van der Waals surface area contributed by atoms with Gasteiger partial charge >= 0.3 is 0 Å². The van der Waals surface area contributed by atoms with Crippen molar-refractivity contribution < 1.29 is 9.53 Å². The highest BCUT2D eigenvalue weighted by Crippen LogP contribution is 2.35. The second-order valence-corrected chi connectivity index (χ2v) is 8.33. The van der Waals surface area contributed by atoms with Crippen molar-refractivity contribution in [3.63, 3.8) is 0 Å². The maximum atomic E-state index is 12.9. The topological polar surface area (TPSA) is 63.5 Å². The predicted molar refractivity (Wildman–Crippen MR) is 102 cm³/mol. The van der Waals surface area contributed by atoms with E-state index in [1.165, 1.54) is 50.3 Å². The van der Waals surface area contributed by atoms with Crippen molar-refractivity contribution in [1.82, 2.24) is 19.7 Å². The quantitative estimate of drug-likeness (QED) is 0.677. The van der Waals surface area contributed by atoms with Gasteiger partial charge in [-0.2, -0.15) is 0 Å². The Labute approximate surface area is 159 Å². The maximum absolute atomic E-state index is 12.9. The number of morpholine rings is 1. The fourth-order valence-electron chi connectivity index (χ4n) is 4.10. The van der Waals surface area contributed by atoms with E-state index in [1.54, 1.807) is 0 Å². The molecule has 2 heterocycles. The average molecular weight is 380 g/mol. The van der Waals surface area contributed by atoms with Gasteiger partial charge in [0, 0.05) is 31.7 Å². The van der Waals surface area contributed by atoms with Gasteiger partial charge in [0.15, 0.2) is 5.16 Å². The largest absolute Gasteiger partial charge is 0.378 e. The Bertz CT molecular complexity index is 621. The first-order valence-electron chi connectivity index (χ1n) is 9.97. The molecule has 2 aliphatic carbocycles. The van der Waals surface area contributed by atoms with Crippen LogP contribution in [0.2, 0.25) is 0 Å². The third kappa shape index (κ3) is 3.86.